The van der Waals surface area contributed by atoms with Crippen LogP contribution >= 0.6 is 0 Å². The van der Waals surface area contributed by atoms with Gasteiger partial charge in [-0.2, -0.15) is 18.2 Å². The minimum atomic E-state index is -4.66. The van der Waals surface area contributed by atoms with Crippen molar-refractivity contribution >= 4 is 17.9 Å². The van der Waals surface area contributed by atoms with Crippen molar-refractivity contribution in [2.45, 2.75) is 69.4 Å². The number of nitrogens with one attached hydrogen (secondary N) is 1. The molecule has 12 heteroatoms. The molecule has 2 atom stereocenters. The molecule has 8 nitrogen and oxygen atoms in total. The van der Waals surface area contributed by atoms with Crippen molar-refractivity contribution in [2.24, 2.45) is 5.92 Å². The van der Waals surface area contributed by atoms with Crippen LogP contribution in [0.2, 0.25) is 0 Å². The SMILES string of the molecule is CC(Nc1nccc(N2C(=O)OC[C@]2(C)C2CC2)n1)c1ccc(CN2CCC(O)(C(F)(F)F)CC2)cc1F. The number of aromatic nitrogens is 2. The van der Waals surface area contributed by atoms with Gasteiger partial charge in [0.05, 0.1) is 11.6 Å². The maximum Gasteiger partial charge on any atom is 0.417 e. The molecular weight excluding hydrogens is 506 g/mol. The third-order valence-corrected chi connectivity index (χ3v) is 8.00. The van der Waals surface area contributed by atoms with Gasteiger partial charge in [-0.3, -0.25) is 9.80 Å². The van der Waals surface area contributed by atoms with Crippen LogP contribution in [0.1, 0.15) is 56.7 Å². The molecule has 38 heavy (non-hydrogen) atoms. The molecule has 2 aliphatic heterocycles. The smallest absolute Gasteiger partial charge is 0.417 e. The van der Waals surface area contributed by atoms with Crippen LogP contribution in [-0.4, -0.2) is 63.1 Å². The predicted octanol–water partition coefficient (Wildman–Crippen LogP) is 4.80. The number of halogens is 4. The van der Waals surface area contributed by atoms with Gasteiger partial charge in [0, 0.05) is 31.4 Å². The number of piperidine rings is 1. The number of ether oxygens (including phenoxy) is 1. The molecule has 0 radical (unpaired) electrons. The number of anilines is 2. The van der Waals surface area contributed by atoms with Crippen LogP contribution in [0.3, 0.4) is 0 Å². The highest BCUT2D eigenvalue weighted by Crippen LogP contribution is 2.47. The van der Waals surface area contributed by atoms with E-state index in [2.05, 4.69) is 15.3 Å². The number of benzene rings is 1. The lowest BCUT2D eigenvalue weighted by Crippen LogP contribution is -2.53. The Hall–Kier alpha value is -2.99. The van der Waals surface area contributed by atoms with Crippen LogP contribution in [0.25, 0.3) is 0 Å². The van der Waals surface area contributed by atoms with Crippen LogP contribution in [0, 0.1) is 11.7 Å². The van der Waals surface area contributed by atoms with Crippen molar-refractivity contribution in [3.05, 3.63) is 47.4 Å². The van der Waals surface area contributed by atoms with Gasteiger partial charge < -0.3 is 15.2 Å². The average Bonchev–Trinajstić information content (AvgIpc) is 3.66. The second-order valence-corrected chi connectivity index (χ2v) is 10.8. The summed E-state index contributed by atoms with van der Waals surface area (Å²) in [5.41, 5.74) is -2.13. The summed E-state index contributed by atoms with van der Waals surface area (Å²) in [5, 5.41) is 12.9. The molecule has 1 aromatic heterocycles. The summed E-state index contributed by atoms with van der Waals surface area (Å²) < 4.78 is 59.5. The Morgan fingerprint density at radius 3 is 2.58 bits per heavy atom. The van der Waals surface area contributed by atoms with E-state index in [1.807, 2.05) is 6.92 Å². The van der Waals surface area contributed by atoms with Crippen molar-refractivity contribution in [3.63, 3.8) is 0 Å². The van der Waals surface area contributed by atoms with Gasteiger partial charge in [-0.25, -0.2) is 14.2 Å². The van der Waals surface area contributed by atoms with E-state index >= 15 is 4.39 Å². The molecule has 0 spiro atoms. The molecule has 0 bridgehead atoms. The van der Waals surface area contributed by atoms with Crippen LogP contribution in [-0.2, 0) is 11.3 Å². The summed E-state index contributed by atoms with van der Waals surface area (Å²) >= 11 is 0. The van der Waals surface area contributed by atoms with Gasteiger partial charge in [-0.1, -0.05) is 12.1 Å². The largest absolute Gasteiger partial charge is 0.447 e. The quantitative estimate of drug-likeness (QED) is 0.490. The van der Waals surface area contributed by atoms with E-state index in [4.69, 9.17) is 4.74 Å². The summed E-state index contributed by atoms with van der Waals surface area (Å²) in [6.07, 6.45) is -2.34. The lowest BCUT2D eigenvalue weighted by Gasteiger charge is -2.39. The van der Waals surface area contributed by atoms with Gasteiger partial charge >= 0.3 is 12.3 Å². The summed E-state index contributed by atoms with van der Waals surface area (Å²) in [6, 6.07) is 5.88. The number of alkyl halides is 3. The highest BCUT2D eigenvalue weighted by atomic mass is 19.4. The number of amides is 1. The maximum absolute atomic E-state index is 15.1. The zero-order chi connectivity index (χ0) is 27.3. The standard InChI is InChI=1S/C26H31F4N5O3/c1-16(32-22-31-10-7-21(33-22)35-23(36)38-15-24(35,2)18-4-5-18)19-6-3-17(13-20(19)27)14-34-11-8-25(37,9-12-34)26(28,29)30/h3,6-7,10,13,16,18,37H,4-5,8-9,11-12,14-15H2,1-2H3,(H,31,32,33)/t16?,24-/m1/s1. The van der Waals surface area contributed by atoms with Crippen molar-refractivity contribution in [1.82, 2.24) is 14.9 Å². The zero-order valence-corrected chi connectivity index (χ0v) is 21.3. The fraction of sp³-hybridized carbons (Fsp3) is 0.577. The fourth-order valence-electron chi connectivity index (χ4n) is 5.36. The third kappa shape index (κ3) is 5.03. The molecule has 1 aliphatic carbocycles. The molecule has 1 unspecified atom stereocenters. The molecule has 2 aromatic rings. The first kappa shape index (κ1) is 26.6. The number of hydrogen-bond acceptors (Lipinski definition) is 7. The summed E-state index contributed by atoms with van der Waals surface area (Å²) in [5.74, 6) is 0.544. The summed E-state index contributed by atoms with van der Waals surface area (Å²) in [6.45, 7) is 4.46. The van der Waals surface area contributed by atoms with Crippen LogP contribution in [0.15, 0.2) is 30.5 Å². The van der Waals surface area contributed by atoms with Gasteiger partial charge in [-0.05, 0) is 63.1 Å². The van der Waals surface area contributed by atoms with Gasteiger partial charge in [0.25, 0.3) is 0 Å². The Morgan fingerprint density at radius 2 is 1.95 bits per heavy atom. The van der Waals surface area contributed by atoms with Crippen molar-refractivity contribution in [2.75, 3.05) is 29.9 Å². The van der Waals surface area contributed by atoms with Gasteiger partial charge in [0.15, 0.2) is 5.60 Å². The molecule has 3 heterocycles. The lowest BCUT2D eigenvalue weighted by molar-refractivity contribution is -0.272. The number of rotatable bonds is 7. The number of aliphatic hydroxyl groups is 1. The summed E-state index contributed by atoms with van der Waals surface area (Å²) in [4.78, 5) is 24.6. The highest BCUT2D eigenvalue weighted by molar-refractivity contribution is 5.90. The minimum Gasteiger partial charge on any atom is -0.447 e. The molecule has 2 saturated heterocycles. The fourth-order valence-corrected chi connectivity index (χ4v) is 5.36. The van der Waals surface area contributed by atoms with Gasteiger partial charge in [0.1, 0.15) is 18.2 Å². The molecular formula is C26H31F4N5O3. The van der Waals surface area contributed by atoms with Gasteiger partial charge in [0.2, 0.25) is 5.95 Å². The highest BCUT2D eigenvalue weighted by Gasteiger charge is 2.55. The van der Waals surface area contributed by atoms with Crippen molar-refractivity contribution < 1.29 is 32.2 Å². The first-order valence-electron chi connectivity index (χ1n) is 12.8. The third-order valence-electron chi connectivity index (χ3n) is 8.00. The van der Waals surface area contributed by atoms with Gasteiger partial charge in [-0.15, -0.1) is 0 Å². The molecule has 1 amide bonds. The minimum absolute atomic E-state index is 0.0649. The predicted molar refractivity (Wildman–Crippen MR) is 131 cm³/mol. The Kier molecular flexibility index (Phi) is 6.75. The van der Waals surface area contributed by atoms with Crippen LogP contribution in [0.5, 0.6) is 0 Å². The van der Waals surface area contributed by atoms with E-state index in [9.17, 15) is 23.1 Å². The van der Waals surface area contributed by atoms with E-state index in [-0.39, 0.29) is 25.6 Å². The van der Waals surface area contributed by atoms with Crippen molar-refractivity contribution in [3.8, 4) is 0 Å². The lowest BCUT2D eigenvalue weighted by atomic mass is 9.90. The molecule has 1 saturated carbocycles. The van der Waals surface area contributed by atoms with E-state index in [1.54, 1.807) is 34.9 Å². The Balaban J connectivity index is 1.23. The number of cyclic esters (lactones) is 1. The number of carbonyl (C=O) groups excluding carboxylic acids is 1. The molecule has 3 aliphatic rings. The Labute approximate surface area is 218 Å². The Bertz CT molecular complexity index is 1200. The summed E-state index contributed by atoms with van der Waals surface area (Å²) in [7, 11) is 0. The topological polar surface area (TPSA) is 90.8 Å². The molecule has 5 rings (SSSR count). The molecule has 3 fully saturated rings. The first-order chi connectivity index (χ1) is 17.9. The molecule has 206 valence electrons. The molecule has 2 N–H and O–H groups in total. The number of likely N-dealkylation sites (tertiary alicyclic amines) is 1. The number of hydrogen-bond donors (Lipinski definition) is 2. The van der Waals surface area contributed by atoms with E-state index < -0.39 is 48.1 Å². The van der Waals surface area contributed by atoms with E-state index in [0.29, 0.717) is 29.5 Å². The number of carbonyl (C=O) groups is 1. The second kappa shape index (κ2) is 9.64. The number of nitrogens with zero attached hydrogens (tertiary/aromatic N) is 4. The van der Waals surface area contributed by atoms with Crippen LogP contribution < -0.4 is 10.2 Å². The van der Waals surface area contributed by atoms with E-state index in [1.165, 1.54) is 12.3 Å². The van der Waals surface area contributed by atoms with Crippen LogP contribution in [0.4, 0.5) is 34.1 Å². The maximum atomic E-state index is 15.1. The monoisotopic (exact) mass is 537 g/mol. The average molecular weight is 538 g/mol. The van der Waals surface area contributed by atoms with E-state index in [0.717, 1.165) is 12.8 Å². The first-order valence-corrected chi connectivity index (χ1v) is 12.8. The van der Waals surface area contributed by atoms with Crippen molar-refractivity contribution in [1.29, 1.82) is 0 Å². The second-order valence-electron chi connectivity index (χ2n) is 10.8. The molecule has 1 aromatic carbocycles. The normalized spacial score (nSPS) is 24.8. The zero-order valence-electron chi connectivity index (χ0n) is 21.3. The Morgan fingerprint density at radius 1 is 1.24 bits per heavy atom.